The van der Waals surface area contributed by atoms with Gasteiger partial charge in [-0.1, -0.05) is 18.2 Å². The van der Waals surface area contributed by atoms with Gasteiger partial charge in [-0.25, -0.2) is 0 Å². The van der Waals surface area contributed by atoms with Crippen LogP contribution in [-0.4, -0.2) is 5.11 Å². The fourth-order valence-electron chi connectivity index (χ4n) is 1.22. The van der Waals surface area contributed by atoms with E-state index < -0.39 is 0 Å². The maximum Gasteiger partial charge on any atom is 0.115 e. The highest BCUT2D eigenvalue weighted by atomic mass is 16.3. The number of phenolic OH excluding ortho intramolecular Hbond substituents is 1. The lowest BCUT2D eigenvalue weighted by atomic mass is 10.0. The van der Waals surface area contributed by atoms with Crippen molar-refractivity contribution >= 4 is 0 Å². The molecule has 0 unspecified atom stereocenters. The van der Waals surface area contributed by atoms with Crippen LogP contribution in [0.2, 0.25) is 0 Å². The van der Waals surface area contributed by atoms with Crippen molar-refractivity contribution in [1.82, 2.24) is 0 Å². The van der Waals surface area contributed by atoms with Crippen LogP contribution < -0.4 is 5.73 Å². The molecule has 0 amide bonds. The molecule has 0 aliphatic heterocycles. The first kappa shape index (κ1) is 9.81. The number of phenols is 1. The van der Waals surface area contributed by atoms with Gasteiger partial charge in [0.05, 0.1) is 0 Å². The Morgan fingerprint density at radius 2 is 2.31 bits per heavy atom. The van der Waals surface area contributed by atoms with Gasteiger partial charge >= 0.3 is 0 Å². The molecule has 0 saturated heterocycles. The molecule has 0 radical (unpaired) electrons. The van der Waals surface area contributed by atoms with Crippen molar-refractivity contribution in [3.8, 4) is 5.75 Å². The Hall–Kier alpha value is -1.28. The average Bonchev–Trinajstić information content (AvgIpc) is 2.14. The van der Waals surface area contributed by atoms with E-state index in [4.69, 9.17) is 5.73 Å². The summed E-state index contributed by atoms with van der Waals surface area (Å²) in [5.41, 5.74) is 6.86. The summed E-state index contributed by atoms with van der Waals surface area (Å²) >= 11 is 0. The third kappa shape index (κ3) is 2.92. The summed E-state index contributed by atoms with van der Waals surface area (Å²) in [7, 11) is 0. The Balaban J connectivity index is 2.65. The van der Waals surface area contributed by atoms with Gasteiger partial charge in [0.25, 0.3) is 0 Å². The number of nitrogens with two attached hydrogens (primary N) is 1. The van der Waals surface area contributed by atoms with E-state index in [1.54, 1.807) is 18.2 Å². The zero-order valence-corrected chi connectivity index (χ0v) is 7.61. The summed E-state index contributed by atoms with van der Waals surface area (Å²) in [4.78, 5) is 0. The molecule has 2 heteroatoms. The van der Waals surface area contributed by atoms with E-state index in [-0.39, 0.29) is 11.8 Å². The van der Waals surface area contributed by atoms with E-state index in [0.717, 1.165) is 18.4 Å². The molecule has 13 heavy (non-hydrogen) atoms. The fraction of sp³-hybridized carbons (Fsp3) is 0.273. The van der Waals surface area contributed by atoms with Crippen LogP contribution in [-0.2, 0) is 0 Å². The van der Waals surface area contributed by atoms with Crippen LogP contribution in [0.25, 0.3) is 0 Å². The van der Waals surface area contributed by atoms with Gasteiger partial charge in [-0.05, 0) is 30.5 Å². The number of allylic oxidation sites excluding steroid dienone is 1. The number of benzene rings is 1. The van der Waals surface area contributed by atoms with Crippen molar-refractivity contribution in [1.29, 1.82) is 0 Å². The number of rotatable bonds is 4. The smallest absolute Gasteiger partial charge is 0.115 e. The number of hydrogen-bond donors (Lipinski definition) is 2. The highest BCUT2D eigenvalue weighted by molar-refractivity contribution is 5.29. The molecule has 0 saturated carbocycles. The van der Waals surface area contributed by atoms with E-state index >= 15 is 0 Å². The first-order valence-corrected chi connectivity index (χ1v) is 4.39. The normalized spacial score (nSPS) is 12.4. The van der Waals surface area contributed by atoms with Crippen LogP contribution in [0.4, 0.5) is 0 Å². The number of hydrogen-bond acceptors (Lipinski definition) is 2. The van der Waals surface area contributed by atoms with E-state index in [2.05, 4.69) is 6.58 Å². The van der Waals surface area contributed by atoms with E-state index in [0.29, 0.717) is 0 Å². The molecular formula is C11H15NO. The number of aromatic hydroxyl groups is 1. The highest BCUT2D eigenvalue weighted by Crippen LogP contribution is 2.19. The van der Waals surface area contributed by atoms with E-state index in [1.165, 1.54) is 0 Å². The molecule has 0 heterocycles. The molecule has 0 aliphatic carbocycles. The second-order valence-corrected chi connectivity index (χ2v) is 3.07. The van der Waals surface area contributed by atoms with Gasteiger partial charge < -0.3 is 10.8 Å². The summed E-state index contributed by atoms with van der Waals surface area (Å²) in [5.74, 6) is 0.270. The molecule has 1 rings (SSSR count). The SMILES string of the molecule is C=CCC[C@@H](N)c1cccc(O)c1. The Labute approximate surface area is 78.7 Å². The topological polar surface area (TPSA) is 46.2 Å². The van der Waals surface area contributed by atoms with Gasteiger partial charge in [0, 0.05) is 6.04 Å². The van der Waals surface area contributed by atoms with Crippen LogP contribution in [0.1, 0.15) is 24.4 Å². The minimum Gasteiger partial charge on any atom is -0.508 e. The third-order valence-corrected chi connectivity index (χ3v) is 1.98. The quantitative estimate of drug-likeness (QED) is 0.693. The molecule has 1 aromatic rings. The van der Waals surface area contributed by atoms with Crippen molar-refractivity contribution in [2.24, 2.45) is 5.73 Å². The Morgan fingerprint density at radius 1 is 1.54 bits per heavy atom. The molecule has 0 aromatic heterocycles. The van der Waals surface area contributed by atoms with Crippen molar-refractivity contribution < 1.29 is 5.11 Å². The third-order valence-electron chi connectivity index (χ3n) is 1.98. The monoisotopic (exact) mass is 177 g/mol. The molecule has 70 valence electrons. The van der Waals surface area contributed by atoms with Gasteiger partial charge in [-0.15, -0.1) is 6.58 Å². The molecule has 1 atom stereocenters. The van der Waals surface area contributed by atoms with E-state index in [1.807, 2.05) is 12.1 Å². The largest absolute Gasteiger partial charge is 0.508 e. The minimum atomic E-state index is -0.00917. The summed E-state index contributed by atoms with van der Waals surface area (Å²) in [5, 5.41) is 9.21. The van der Waals surface area contributed by atoms with Crippen LogP contribution in [0.15, 0.2) is 36.9 Å². The van der Waals surface area contributed by atoms with Crippen LogP contribution in [0.3, 0.4) is 0 Å². The molecule has 2 nitrogen and oxygen atoms in total. The summed E-state index contributed by atoms with van der Waals surface area (Å²) in [6, 6.07) is 7.06. The van der Waals surface area contributed by atoms with Gasteiger partial charge in [0.2, 0.25) is 0 Å². The van der Waals surface area contributed by atoms with Gasteiger partial charge in [-0.2, -0.15) is 0 Å². The van der Waals surface area contributed by atoms with Gasteiger partial charge in [0.15, 0.2) is 0 Å². The zero-order valence-electron chi connectivity index (χ0n) is 7.61. The molecule has 1 aromatic carbocycles. The molecule has 3 N–H and O–H groups in total. The lowest BCUT2D eigenvalue weighted by Crippen LogP contribution is -2.09. The molecule has 0 fully saturated rings. The van der Waals surface area contributed by atoms with Crippen LogP contribution in [0.5, 0.6) is 5.75 Å². The second-order valence-electron chi connectivity index (χ2n) is 3.07. The summed E-state index contributed by atoms with van der Waals surface area (Å²) < 4.78 is 0. The zero-order chi connectivity index (χ0) is 9.68. The van der Waals surface area contributed by atoms with Crippen molar-refractivity contribution in [2.75, 3.05) is 0 Å². The lowest BCUT2D eigenvalue weighted by Gasteiger charge is -2.10. The Kier molecular flexibility index (Phi) is 3.53. The molecule has 0 spiro atoms. The lowest BCUT2D eigenvalue weighted by molar-refractivity contribution is 0.473. The van der Waals surface area contributed by atoms with Gasteiger partial charge in [-0.3, -0.25) is 0 Å². The van der Waals surface area contributed by atoms with Gasteiger partial charge in [0.1, 0.15) is 5.75 Å². The Bertz CT molecular complexity index is 283. The maximum atomic E-state index is 9.21. The predicted molar refractivity (Wildman–Crippen MR) is 54.5 cm³/mol. The maximum absolute atomic E-state index is 9.21. The molecule has 0 aliphatic rings. The second kappa shape index (κ2) is 4.67. The van der Waals surface area contributed by atoms with Crippen LogP contribution in [0, 0.1) is 0 Å². The Morgan fingerprint density at radius 3 is 2.92 bits per heavy atom. The van der Waals surface area contributed by atoms with Crippen molar-refractivity contribution in [3.05, 3.63) is 42.5 Å². The first-order valence-electron chi connectivity index (χ1n) is 4.39. The first-order chi connectivity index (χ1) is 6.24. The van der Waals surface area contributed by atoms with Crippen molar-refractivity contribution in [2.45, 2.75) is 18.9 Å². The van der Waals surface area contributed by atoms with Crippen molar-refractivity contribution in [3.63, 3.8) is 0 Å². The van der Waals surface area contributed by atoms with E-state index in [9.17, 15) is 5.11 Å². The molecule has 0 bridgehead atoms. The molecular weight excluding hydrogens is 162 g/mol. The predicted octanol–water partition coefficient (Wildman–Crippen LogP) is 2.36. The minimum absolute atomic E-state index is 0.00917. The summed E-state index contributed by atoms with van der Waals surface area (Å²) in [6.07, 6.45) is 3.62. The average molecular weight is 177 g/mol. The highest BCUT2D eigenvalue weighted by Gasteiger charge is 2.04. The van der Waals surface area contributed by atoms with Crippen LogP contribution >= 0.6 is 0 Å². The fourth-order valence-corrected chi connectivity index (χ4v) is 1.22. The standard InChI is InChI=1S/C11H15NO/c1-2-3-7-11(12)9-5-4-6-10(13)8-9/h2,4-6,8,11,13H,1,3,7,12H2/t11-/m1/s1. The summed E-state index contributed by atoms with van der Waals surface area (Å²) in [6.45, 7) is 3.64.